The molecule has 0 aliphatic carbocycles. The summed E-state index contributed by atoms with van der Waals surface area (Å²) in [5, 5.41) is 0. The molecule has 31 heavy (non-hydrogen) atoms. The maximum Gasteiger partial charge on any atom is 0.243 e. The minimum Gasteiger partial charge on any atom is -0.493 e. The van der Waals surface area contributed by atoms with E-state index < -0.39 is 0 Å². The van der Waals surface area contributed by atoms with Crippen molar-refractivity contribution in [3.63, 3.8) is 0 Å². The summed E-state index contributed by atoms with van der Waals surface area (Å²) in [6.07, 6.45) is 1.27. The Hall–Kier alpha value is -3.06. The SMILES string of the molecule is O=C(CN1C(=O)CCOc2ccccc21)N1CC[NH+](Cc2ccc3c(c2)CCO3)CC1. The van der Waals surface area contributed by atoms with E-state index in [-0.39, 0.29) is 24.8 Å². The third-order valence-corrected chi connectivity index (χ3v) is 6.36. The Bertz CT molecular complexity index is 985. The average Bonchev–Trinajstić information content (AvgIpc) is 3.20. The number of nitrogens with zero attached hydrogens (tertiary/aromatic N) is 2. The van der Waals surface area contributed by atoms with Gasteiger partial charge in [0, 0.05) is 12.0 Å². The van der Waals surface area contributed by atoms with Crippen LogP contribution in [0.3, 0.4) is 0 Å². The Labute approximate surface area is 182 Å². The zero-order valence-electron chi connectivity index (χ0n) is 17.6. The molecule has 2 amide bonds. The Balaban J connectivity index is 1.18. The smallest absolute Gasteiger partial charge is 0.243 e. The monoisotopic (exact) mass is 422 g/mol. The van der Waals surface area contributed by atoms with Gasteiger partial charge in [0.2, 0.25) is 11.8 Å². The molecule has 162 valence electrons. The van der Waals surface area contributed by atoms with Crippen molar-refractivity contribution in [2.24, 2.45) is 0 Å². The van der Waals surface area contributed by atoms with Crippen molar-refractivity contribution in [2.75, 3.05) is 50.8 Å². The molecular weight excluding hydrogens is 394 g/mol. The fourth-order valence-electron chi connectivity index (χ4n) is 4.62. The lowest BCUT2D eigenvalue weighted by Crippen LogP contribution is -3.13. The van der Waals surface area contributed by atoms with E-state index in [0.717, 1.165) is 38.4 Å². The van der Waals surface area contributed by atoms with E-state index in [1.807, 2.05) is 29.2 Å². The molecule has 0 unspecified atom stereocenters. The number of ether oxygens (including phenoxy) is 2. The van der Waals surface area contributed by atoms with Crippen LogP contribution >= 0.6 is 0 Å². The number of benzene rings is 2. The van der Waals surface area contributed by atoms with Crippen LogP contribution in [0, 0.1) is 0 Å². The first-order valence-electron chi connectivity index (χ1n) is 11.1. The molecular formula is C24H28N3O4+. The van der Waals surface area contributed by atoms with Gasteiger partial charge >= 0.3 is 0 Å². The van der Waals surface area contributed by atoms with Crippen LogP contribution in [-0.2, 0) is 22.6 Å². The van der Waals surface area contributed by atoms with E-state index in [1.54, 1.807) is 4.90 Å². The van der Waals surface area contributed by atoms with Crippen LogP contribution in [-0.4, -0.2) is 62.7 Å². The Morgan fingerprint density at radius 3 is 2.61 bits per heavy atom. The van der Waals surface area contributed by atoms with Crippen molar-refractivity contribution in [3.05, 3.63) is 53.6 Å². The highest BCUT2D eigenvalue weighted by Crippen LogP contribution is 2.31. The number of piperazine rings is 1. The lowest BCUT2D eigenvalue weighted by Gasteiger charge is -2.33. The van der Waals surface area contributed by atoms with Crippen LogP contribution in [0.4, 0.5) is 5.69 Å². The molecule has 2 aromatic rings. The number of fused-ring (bicyclic) bond motifs is 2. The molecule has 0 spiro atoms. The molecule has 3 heterocycles. The molecule has 0 radical (unpaired) electrons. The number of carbonyl (C=O) groups is 2. The molecule has 0 aromatic heterocycles. The molecule has 3 aliphatic heterocycles. The summed E-state index contributed by atoms with van der Waals surface area (Å²) >= 11 is 0. The van der Waals surface area contributed by atoms with Crippen LogP contribution in [0.5, 0.6) is 11.5 Å². The third-order valence-electron chi connectivity index (χ3n) is 6.36. The first-order chi connectivity index (χ1) is 15.2. The molecule has 7 heteroatoms. The maximum atomic E-state index is 13.0. The van der Waals surface area contributed by atoms with Gasteiger partial charge in [-0.05, 0) is 35.9 Å². The van der Waals surface area contributed by atoms with Gasteiger partial charge in [-0.3, -0.25) is 14.5 Å². The molecule has 1 saturated heterocycles. The highest BCUT2D eigenvalue weighted by molar-refractivity contribution is 6.00. The predicted molar refractivity (Wildman–Crippen MR) is 116 cm³/mol. The predicted octanol–water partition coefficient (Wildman–Crippen LogP) is 0.664. The Morgan fingerprint density at radius 1 is 0.968 bits per heavy atom. The van der Waals surface area contributed by atoms with Crippen molar-refractivity contribution >= 4 is 17.5 Å². The van der Waals surface area contributed by atoms with E-state index in [0.29, 0.717) is 31.1 Å². The molecule has 7 nitrogen and oxygen atoms in total. The quantitative estimate of drug-likeness (QED) is 0.787. The number of anilines is 1. The maximum absolute atomic E-state index is 13.0. The number of amides is 2. The van der Waals surface area contributed by atoms with Gasteiger partial charge in [0.1, 0.15) is 24.6 Å². The molecule has 1 fully saturated rings. The number of quaternary nitrogens is 1. The molecule has 3 aliphatic rings. The second-order valence-corrected chi connectivity index (χ2v) is 8.39. The molecule has 2 aromatic carbocycles. The van der Waals surface area contributed by atoms with E-state index in [1.165, 1.54) is 16.0 Å². The number of nitrogens with one attached hydrogen (secondary N) is 1. The van der Waals surface area contributed by atoms with Crippen LogP contribution in [0.15, 0.2) is 42.5 Å². The molecule has 0 saturated carbocycles. The van der Waals surface area contributed by atoms with Gasteiger partial charge in [-0.2, -0.15) is 0 Å². The number of hydrogen-bond donors (Lipinski definition) is 1. The van der Waals surface area contributed by atoms with Crippen LogP contribution in [0.2, 0.25) is 0 Å². The second kappa shape index (κ2) is 8.59. The van der Waals surface area contributed by atoms with Gasteiger partial charge in [0.15, 0.2) is 0 Å². The zero-order valence-corrected chi connectivity index (χ0v) is 17.6. The minimum absolute atomic E-state index is 0.00113. The van der Waals surface area contributed by atoms with E-state index in [2.05, 4.69) is 18.2 Å². The average molecular weight is 423 g/mol. The zero-order chi connectivity index (χ0) is 21.2. The van der Waals surface area contributed by atoms with Crippen molar-refractivity contribution < 1.29 is 24.0 Å². The standard InChI is InChI=1S/C24H27N3O4/c28-23-8-14-31-22-4-2-1-3-20(22)27(23)17-24(29)26-11-9-25(10-12-26)16-18-5-6-21-19(15-18)7-13-30-21/h1-6,15H,7-14,16-17H2/p+1. The van der Waals surface area contributed by atoms with E-state index >= 15 is 0 Å². The highest BCUT2D eigenvalue weighted by Gasteiger charge is 2.29. The lowest BCUT2D eigenvalue weighted by molar-refractivity contribution is -0.917. The highest BCUT2D eigenvalue weighted by atomic mass is 16.5. The van der Waals surface area contributed by atoms with Gasteiger partial charge in [0.05, 0.1) is 51.5 Å². The fraction of sp³-hybridized carbons (Fsp3) is 0.417. The van der Waals surface area contributed by atoms with Crippen LogP contribution < -0.4 is 19.3 Å². The summed E-state index contributed by atoms with van der Waals surface area (Å²) in [5.74, 6) is 1.61. The van der Waals surface area contributed by atoms with Crippen LogP contribution in [0.25, 0.3) is 0 Å². The lowest BCUT2D eigenvalue weighted by atomic mass is 10.1. The van der Waals surface area contributed by atoms with Gasteiger partial charge in [-0.1, -0.05) is 12.1 Å². The van der Waals surface area contributed by atoms with E-state index in [9.17, 15) is 9.59 Å². The summed E-state index contributed by atoms with van der Waals surface area (Å²) in [5.41, 5.74) is 3.31. The normalized spacial score (nSPS) is 18.6. The third kappa shape index (κ3) is 4.23. The van der Waals surface area contributed by atoms with Gasteiger partial charge in [-0.15, -0.1) is 0 Å². The summed E-state index contributed by atoms with van der Waals surface area (Å²) in [6.45, 7) is 5.40. The topological polar surface area (TPSA) is 63.5 Å². The molecule has 0 bridgehead atoms. The summed E-state index contributed by atoms with van der Waals surface area (Å²) in [4.78, 5) is 30.5. The largest absolute Gasteiger partial charge is 0.493 e. The Morgan fingerprint density at radius 2 is 1.74 bits per heavy atom. The van der Waals surface area contributed by atoms with Crippen LogP contribution in [0.1, 0.15) is 17.5 Å². The number of para-hydroxylation sites is 2. The first-order valence-corrected chi connectivity index (χ1v) is 11.1. The number of carbonyl (C=O) groups excluding carboxylic acids is 2. The van der Waals surface area contributed by atoms with Crippen molar-refractivity contribution in [3.8, 4) is 11.5 Å². The summed E-state index contributed by atoms with van der Waals surface area (Å²) < 4.78 is 11.3. The van der Waals surface area contributed by atoms with Gasteiger partial charge < -0.3 is 19.3 Å². The van der Waals surface area contributed by atoms with Crippen molar-refractivity contribution in [2.45, 2.75) is 19.4 Å². The minimum atomic E-state index is -0.0665. The molecule has 5 rings (SSSR count). The van der Waals surface area contributed by atoms with Gasteiger partial charge in [-0.25, -0.2) is 0 Å². The molecule has 1 N–H and O–H groups in total. The fourth-order valence-corrected chi connectivity index (χ4v) is 4.62. The summed E-state index contributed by atoms with van der Waals surface area (Å²) in [6, 6.07) is 13.9. The first kappa shape index (κ1) is 19.9. The number of hydrogen-bond acceptors (Lipinski definition) is 4. The Kier molecular flexibility index (Phi) is 5.51. The van der Waals surface area contributed by atoms with Crippen molar-refractivity contribution in [1.82, 2.24) is 4.90 Å². The van der Waals surface area contributed by atoms with E-state index in [4.69, 9.17) is 9.47 Å². The number of rotatable bonds is 4. The van der Waals surface area contributed by atoms with Gasteiger partial charge in [0.25, 0.3) is 0 Å². The summed E-state index contributed by atoms with van der Waals surface area (Å²) in [7, 11) is 0. The molecule has 0 atom stereocenters. The van der Waals surface area contributed by atoms with Crippen molar-refractivity contribution in [1.29, 1.82) is 0 Å². The second-order valence-electron chi connectivity index (χ2n) is 8.39.